The Bertz CT molecular complexity index is 368. The largest absolute Gasteiger partial charge is 0.308 e. The lowest BCUT2D eigenvalue weighted by Crippen LogP contribution is -2.28. The van der Waals surface area contributed by atoms with E-state index in [0.29, 0.717) is 5.84 Å². The van der Waals surface area contributed by atoms with Crippen molar-refractivity contribution in [1.29, 1.82) is 0 Å². The molecular weight excluding hydrogens is 306 g/mol. The zero-order valence-electron chi connectivity index (χ0n) is 18.4. The Morgan fingerprint density at radius 1 is 1.08 bits per heavy atom. The maximum Gasteiger partial charge on any atom is 0.125 e. The molecule has 3 heteroatoms. The fourth-order valence-electron chi connectivity index (χ4n) is 1.64. The van der Waals surface area contributed by atoms with Gasteiger partial charge in [0.15, 0.2) is 0 Å². The van der Waals surface area contributed by atoms with E-state index in [4.69, 9.17) is 0 Å². The third kappa shape index (κ3) is 22.8. The van der Waals surface area contributed by atoms with Crippen molar-refractivity contribution >= 4 is 12.6 Å². The molecule has 1 atom stereocenters. The smallest absolute Gasteiger partial charge is 0.125 e. The molecule has 1 unspecified atom stereocenters. The number of aliphatic imine (C=N–C) groups is 2. The second-order valence-electron chi connectivity index (χ2n) is 5.70. The zero-order chi connectivity index (χ0) is 19.9. The first-order valence-corrected chi connectivity index (χ1v) is 10.3. The summed E-state index contributed by atoms with van der Waals surface area (Å²) in [7, 11) is 0. The Kier molecular flexibility index (Phi) is 28.7. The van der Waals surface area contributed by atoms with E-state index < -0.39 is 0 Å². The van der Waals surface area contributed by atoms with Gasteiger partial charge in [-0.25, -0.2) is 9.98 Å². The summed E-state index contributed by atoms with van der Waals surface area (Å²) in [5.74, 6) is 0.687. The normalized spacial score (nSPS) is 11.1. The summed E-state index contributed by atoms with van der Waals surface area (Å²) < 4.78 is 0. The van der Waals surface area contributed by atoms with Crippen molar-refractivity contribution in [3.8, 4) is 0 Å². The Labute approximate surface area is 160 Å². The van der Waals surface area contributed by atoms with Crippen molar-refractivity contribution in [1.82, 2.24) is 5.32 Å². The molecule has 0 aliphatic carbocycles. The second-order valence-corrected chi connectivity index (χ2v) is 5.70. The number of nitrogens with zero attached hydrogens (tertiary/aromatic N) is 2. The van der Waals surface area contributed by atoms with Crippen LogP contribution in [0.2, 0.25) is 0 Å². The molecule has 0 aromatic carbocycles. The molecule has 3 nitrogen and oxygen atoms in total. The molecule has 0 saturated heterocycles. The van der Waals surface area contributed by atoms with Gasteiger partial charge < -0.3 is 5.32 Å². The minimum Gasteiger partial charge on any atom is -0.308 e. The highest BCUT2D eigenvalue weighted by molar-refractivity contribution is 5.84. The van der Waals surface area contributed by atoms with E-state index in [0.717, 1.165) is 18.7 Å². The third-order valence-electron chi connectivity index (χ3n) is 3.36. The first-order chi connectivity index (χ1) is 12.1. The molecule has 0 bridgehead atoms. The minimum absolute atomic E-state index is 0. The van der Waals surface area contributed by atoms with Crippen LogP contribution in [0.5, 0.6) is 0 Å². The second kappa shape index (κ2) is 25.1. The van der Waals surface area contributed by atoms with Gasteiger partial charge in [-0.1, -0.05) is 73.6 Å². The third-order valence-corrected chi connectivity index (χ3v) is 3.36. The average molecular weight is 354 g/mol. The van der Waals surface area contributed by atoms with E-state index in [1.807, 2.05) is 26.8 Å². The van der Waals surface area contributed by atoms with E-state index in [9.17, 15) is 0 Å². The van der Waals surface area contributed by atoms with Crippen molar-refractivity contribution in [2.24, 2.45) is 9.98 Å². The van der Waals surface area contributed by atoms with Crippen LogP contribution >= 0.6 is 0 Å². The molecule has 0 aromatic rings. The van der Waals surface area contributed by atoms with Gasteiger partial charge >= 0.3 is 0 Å². The molecule has 0 heterocycles. The van der Waals surface area contributed by atoms with Gasteiger partial charge in [0, 0.05) is 1.43 Å². The van der Waals surface area contributed by atoms with E-state index in [1.54, 1.807) is 0 Å². The highest BCUT2D eigenvalue weighted by atomic mass is 15.0. The molecule has 0 rings (SSSR count). The molecule has 0 amide bonds. The highest BCUT2D eigenvalue weighted by Gasteiger charge is 2.06. The average Bonchev–Trinajstić information content (AvgIpc) is 2.66. The lowest BCUT2D eigenvalue weighted by atomic mass is 10.2. The maximum absolute atomic E-state index is 4.45. The van der Waals surface area contributed by atoms with Crippen LogP contribution in [-0.4, -0.2) is 25.1 Å². The number of unbranched alkanes of at least 4 members (excludes halogenated alkanes) is 4. The summed E-state index contributed by atoms with van der Waals surface area (Å²) in [4.78, 5) is 8.28. The van der Waals surface area contributed by atoms with Gasteiger partial charge in [0.1, 0.15) is 11.5 Å². The van der Waals surface area contributed by atoms with Crippen LogP contribution < -0.4 is 5.32 Å². The maximum atomic E-state index is 4.45. The van der Waals surface area contributed by atoms with Crippen molar-refractivity contribution in [2.45, 2.75) is 106 Å². The Balaban J connectivity index is -0.000000302. The predicted molar refractivity (Wildman–Crippen MR) is 120 cm³/mol. The number of rotatable bonds is 10. The summed E-state index contributed by atoms with van der Waals surface area (Å²) in [5, 5.41) is 3.49. The Morgan fingerprint density at radius 3 is 2.12 bits per heavy atom. The van der Waals surface area contributed by atoms with Crippen molar-refractivity contribution in [2.75, 3.05) is 6.54 Å². The van der Waals surface area contributed by atoms with Crippen molar-refractivity contribution < 1.29 is 1.43 Å². The summed E-state index contributed by atoms with van der Waals surface area (Å²) in [6.45, 7) is 21.2. The zero-order valence-corrected chi connectivity index (χ0v) is 18.4. The van der Waals surface area contributed by atoms with Crippen LogP contribution in [0.25, 0.3) is 0 Å². The van der Waals surface area contributed by atoms with Crippen molar-refractivity contribution in [3.63, 3.8) is 0 Å². The first kappa shape index (κ1) is 28.6. The van der Waals surface area contributed by atoms with Gasteiger partial charge in [0.2, 0.25) is 0 Å². The van der Waals surface area contributed by atoms with E-state index in [1.165, 1.54) is 38.5 Å². The van der Waals surface area contributed by atoms with Crippen LogP contribution in [-0.2, 0) is 0 Å². The standard InChI is InChI=1S/C16H29N3.C4H10.C2H6.H2/c1-6-8-10-11-13-18-14(3)16(12-9-7-2)19-15(4)17-5;1-3-4-2;1-2;/h9,14,18H,5-8,10-11,13H2,1-4H3;3-4H2,1-2H3;1-2H3;1H. The number of amidine groups is 1. The summed E-state index contributed by atoms with van der Waals surface area (Å²) in [6, 6.07) is 0.195. The minimum atomic E-state index is 0. The molecule has 0 radical (unpaired) electrons. The number of nitrogens with one attached hydrogen (secondary N) is 1. The van der Waals surface area contributed by atoms with Gasteiger partial charge in [-0.05, 0) is 46.0 Å². The van der Waals surface area contributed by atoms with Crippen LogP contribution in [0.1, 0.15) is 102 Å². The monoisotopic (exact) mass is 353 g/mol. The van der Waals surface area contributed by atoms with E-state index in [2.05, 4.69) is 62.4 Å². The molecule has 0 fully saturated rings. The summed E-state index contributed by atoms with van der Waals surface area (Å²) in [6.07, 6.45) is 10.7. The van der Waals surface area contributed by atoms with Crippen molar-refractivity contribution in [3.05, 3.63) is 17.5 Å². The predicted octanol–water partition coefficient (Wildman–Crippen LogP) is 7.19. The Morgan fingerprint density at radius 2 is 1.68 bits per heavy atom. The van der Waals surface area contributed by atoms with Crippen LogP contribution in [0.4, 0.5) is 0 Å². The Hall–Kier alpha value is -1.18. The van der Waals surface area contributed by atoms with Gasteiger partial charge in [-0.3, -0.25) is 0 Å². The molecule has 25 heavy (non-hydrogen) atoms. The molecule has 0 spiro atoms. The lowest BCUT2D eigenvalue weighted by molar-refractivity contribution is 0.557. The quantitative estimate of drug-likeness (QED) is 0.192. The van der Waals surface area contributed by atoms with Crippen LogP contribution in [0, 0.1) is 0 Å². The molecule has 0 aliphatic heterocycles. The van der Waals surface area contributed by atoms with Gasteiger partial charge in [-0.2, -0.15) is 0 Å². The lowest BCUT2D eigenvalue weighted by Gasteiger charge is -2.13. The fourth-order valence-corrected chi connectivity index (χ4v) is 1.64. The van der Waals surface area contributed by atoms with Gasteiger partial charge in [-0.15, -0.1) is 5.73 Å². The van der Waals surface area contributed by atoms with E-state index >= 15 is 0 Å². The van der Waals surface area contributed by atoms with E-state index in [-0.39, 0.29) is 7.47 Å². The molecule has 0 saturated carbocycles. The summed E-state index contributed by atoms with van der Waals surface area (Å²) in [5.41, 5.74) is 4.15. The molecule has 0 aliphatic rings. The molecule has 0 aromatic heterocycles. The number of hydrogen-bond acceptors (Lipinski definition) is 2. The topological polar surface area (TPSA) is 36.8 Å². The van der Waals surface area contributed by atoms with Gasteiger partial charge in [0.05, 0.1) is 6.04 Å². The van der Waals surface area contributed by atoms with Gasteiger partial charge in [0.25, 0.3) is 0 Å². The number of hydrogen-bond donors (Lipinski definition) is 1. The molecule has 150 valence electrons. The molecule has 1 N–H and O–H groups in total. The first-order valence-electron chi connectivity index (χ1n) is 10.3. The summed E-state index contributed by atoms with van der Waals surface area (Å²) >= 11 is 0. The van der Waals surface area contributed by atoms with Crippen LogP contribution in [0.15, 0.2) is 27.5 Å². The molecular formula is C22H47N3. The fraction of sp³-hybridized carbons (Fsp3) is 0.773. The van der Waals surface area contributed by atoms with Crippen LogP contribution in [0.3, 0.4) is 0 Å². The SMILES string of the molecule is C=NC(C)=NC(=C=CCC)C(C)NCCCCCC.CC.CCCC.[HH]. The highest BCUT2D eigenvalue weighted by Crippen LogP contribution is 2.05.